The van der Waals surface area contributed by atoms with Crippen molar-refractivity contribution in [3.05, 3.63) is 65.2 Å². The van der Waals surface area contributed by atoms with E-state index in [4.69, 9.17) is 9.47 Å². The molecule has 1 N–H and O–H groups in total. The van der Waals surface area contributed by atoms with Crippen LogP contribution in [-0.2, 0) is 22.4 Å². The monoisotopic (exact) mass is 602 g/mol. The van der Waals surface area contributed by atoms with Crippen LogP contribution >= 0.6 is 0 Å². The summed E-state index contributed by atoms with van der Waals surface area (Å²) in [4.78, 5) is 11.8. The molecule has 0 heterocycles. The number of esters is 1. The molecular weight excluding hydrogens is 544 g/mol. The van der Waals surface area contributed by atoms with E-state index < -0.39 is 0 Å². The average molecular weight is 603 g/mol. The minimum atomic E-state index is -0.350. The Bertz CT molecular complexity index is 1180. The van der Waals surface area contributed by atoms with Gasteiger partial charge in [-0.3, -0.25) is 0 Å². The zero-order valence-corrected chi connectivity index (χ0v) is 27.9. The van der Waals surface area contributed by atoms with E-state index in [-0.39, 0.29) is 19.2 Å². The van der Waals surface area contributed by atoms with E-state index in [1.54, 1.807) is 6.92 Å². The lowest BCUT2D eigenvalue weighted by atomic mass is 9.68. The molecule has 4 heteroatoms. The molecular formula is C40H58O4. The minimum Gasteiger partial charge on any atom is -0.491 e. The van der Waals surface area contributed by atoms with Gasteiger partial charge in [0.2, 0.25) is 0 Å². The van der Waals surface area contributed by atoms with E-state index in [0.717, 1.165) is 41.9 Å². The summed E-state index contributed by atoms with van der Waals surface area (Å²) in [6, 6.07) is 13.6. The molecule has 2 aliphatic rings. The van der Waals surface area contributed by atoms with Gasteiger partial charge in [0.15, 0.2) is 0 Å². The first kappa shape index (κ1) is 34.3. The van der Waals surface area contributed by atoms with Crippen LogP contribution in [0, 0.1) is 17.8 Å². The number of hydrogen-bond donors (Lipinski definition) is 1. The van der Waals surface area contributed by atoms with Gasteiger partial charge in [0, 0.05) is 5.57 Å². The lowest BCUT2D eigenvalue weighted by Crippen LogP contribution is -2.25. The number of carbonyl (C=O) groups excluding carboxylic acids is 1. The number of unbranched alkanes of at least 4 members (excludes halogenated alkanes) is 2. The molecule has 4 rings (SSSR count). The fourth-order valence-corrected chi connectivity index (χ4v) is 7.79. The Morgan fingerprint density at radius 2 is 1.59 bits per heavy atom. The third-order valence-corrected chi connectivity index (χ3v) is 10.4. The van der Waals surface area contributed by atoms with Gasteiger partial charge < -0.3 is 14.6 Å². The largest absolute Gasteiger partial charge is 0.491 e. The molecule has 0 radical (unpaired) electrons. The molecule has 2 fully saturated rings. The molecule has 0 atom stereocenters. The Labute approximate surface area is 267 Å². The van der Waals surface area contributed by atoms with Crippen molar-refractivity contribution in [2.24, 2.45) is 17.8 Å². The van der Waals surface area contributed by atoms with Crippen molar-refractivity contribution >= 4 is 5.97 Å². The van der Waals surface area contributed by atoms with E-state index in [9.17, 15) is 9.90 Å². The van der Waals surface area contributed by atoms with Crippen LogP contribution in [0.3, 0.4) is 0 Å². The molecule has 44 heavy (non-hydrogen) atoms. The molecule has 0 aliphatic heterocycles. The van der Waals surface area contributed by atoms with Crippen LogP contribution in [-0.4, -0.2) is 30.9 Å². The van der Waals surface area contributed by atoms with Crippen LogP contribution < -0.4 is 4.74 Å². The highest BCUT2D eigenvalue weighted by Gasteiger charge is 2.31. The Morgan fingerprint density at radius 1 is 0.864 bits per heavy atom. The number of aliphatic hydroxyl groups is 1. The van der Waals surface area contributed by atoms with Crippen LogP contribution in [0.1, 0.15) is 127 Å². The van der Waals surface area contributed by atoms with Gasteiger partial charge in [-0.2, -0.15) is 0 Å². The molecule has 2 saturated carbocycles. The van der Waals surface area contributed by atoms with Gasteiger partial charge >= 0.3 is 5.97 Å². The molecule has 2 aromatic rings. The van der Waals surface area contributed by atoms with Crippen molar-refractivity contribution in [3.8, 4) is 16.9 Å². The maximum atomic E-state index is 11.8. The summed E-state index contributed by atoms with van der Waals surface area (Å²) in [5, 5.41) is 9.31. The van der Waals surface area contributed by atoms with Gasteiger partial charge in [0.05, 0.1) is 13.2 Å². The predicted octanol–water partition coefficient (Wildman–Crippen LogP) is 10.00. The summed E-state index contributed by atoms with van der Waals surface area (Å²) >= 11 is 0. The third-order valence-electron chi connectivity index (χ3n) is 10.4. The maximum Gasteiger partial charge on any atom is 0.333 e. The molecule has 0 saturated heterocycles. The third kappa shape index (κ3) is 9.70. The molecule has 0 bridgehead atoms. The van der Waals surface area contributed by atoms with Gasteiger partial charge in [-0.1, -0.05) is 83.2 Å². The molecule has 0 spiro atoms. The van der Waals surface area contributed by atoms with E-state index >= 15 is 0 Å². The van der Waals surface area contributed by atoms with E-state index in [1.165, 1.54) is 99.3 Å². The lowest BCUT2D eigenvalue weighted by Gasteiger charge is -2.38. The van der Waals surface area contributed by atoms with Gasteiger partial charge in [-0.25, -0.2) is 4.79 Å². The van der Waals surface area contributed by atoms with Crippen LogP contribution in [0.2, 0.25) is 0 Å². The second-order valence-electron chi connectivity index (χ2n) is 13.6. The first-order valence-electron chi connectivity index (χ1n) is 17.8. The summed E-state index contributed by atoms with van der Waals surface area (Å²) < 4.78 is 11.2. The molecule has 242 valence electrons. The molecule has 0 aromatic heterocycles. The highest BCUT2D eigenvalue weighted by molar-refractivity contribution is 5.86. The predicted molar refractivity (Wildman–Crippen MR) is 182 cm³/mol. The summed E-state index contributed by atoms with van der Waals surface area (Å²) in [5.41, 5.74) is 6.87. The fourth-order valence-electron chi connectivity index (χ4n) is 7.79. The Morgan fingerprint density at radius 3 is 2.25 bits per heavy atom. The topological polar surface area (TPSA) is 55.8 Å². The van der Waals surface area contributed by atoms with Gasteiger partial charge in [0.25, 0.3) is 0 Å². The molecule has 0 amide bonds. The summed E-state index contributed by atoms with van der Waals surface area (Å²) in [5.74, 6) is 4.04. The van der Waals surface area contributed by atoms with Crippen LogP contribution in [0.5, 0.6) is 5.75 Å². The number of ether oxygens (including phenoxy) is 2. The Balaban J connectivity index is 1.37. The van der Waals surface area contributed by atoms with E-state index in [0.29, 0.717) is 24.5 Å². The van der Waals surface area contributed by atoms with E-state index in [2.05, 4.69) is 50.8 Å². The zero-order chi connectivity index (χ0) is 31.3. The van der Waals surface area contributed by atoms with Crippen molar-refractivity contribution in [1.82, 2.24) is 0 Å². The molecule has 0 unspecified atom stereocenters. The highest BCUT2D eigenvalue weighted by Crippen LogP contribution is 2.45. The van der Waals surface area contributed by atoms with Crippen molar-refractivity contribution in [3.63, 3.8) is 0 Å². The smallest absolute Gasteiger partial charge is 0.333 e. The quantitative estimate of drug-likeness (QED) is 0.118. The van der Waals surface area contributed by atoms with Gasteiger partial charge in [0.1, 0.15) is 12.4 Å². The first-order chi connectivity index (χ1) is 21.4. The summed E-state index contributed by atoms with van der Waals surface area (Å²) in [6.07, 6.45) is 19.5. The number of aryl methyl sites for hydroxylation is 2. The number of aliphatic hydroxyl groups excluding tert-OH is 1. The van der Waals surface area contributed by atoms with Gasteiger partial charge in [-0.05, 0) is 128 Å². The number of carbonyl (C=O) groups is 1. The lowest BCUT2D eigenvalue weighted by molar-refractivity contribution is -0.139. The van der Waals surface area contributed by atoms with Crippen molar-refractivity contribution < 1.29 is 19.4 Å². The maximum absolute atomic E-state index is 11.8. The molecule has 4 nitrogen and oxygen atoms in total. The van der Waals surface area contributed by atoms with Gasteiger partial charge in [-0.15, -0.1) is 0 Å². The Hall–Kier alpha value is -2.59. The normalized spacial score (nSPS) is 22.0. The van der Waals surface area contributed by atoms with Crippen molar-refractivity contribution in [2.45, 2.75) is 123 Å². The zero-order valence-electron chi connectivity index (χ0n) is 27.9. The SMILES string of the molecule is C=C(C)C(=O)OCCCc1cc(-c2ccc(C3CCC(C4CCC(CCCCC)CC4)CC3)cc2CC)ccc1OCCO. The van der Waals surface area contributed by atoms with Crippen molar-refractivity contribution in [1.29, 1.82) is 0 Å². The molecule has 2 aliphatic carbocycles. The fraction of sp³-hybridized carbons (Fsp3) is 0.625. The molecule has 2 aromatic carbocycles. The van der Waals surface area contributed by atoms with Crippen LogP contribution in [0.4, 0.5) is 0 Å². The Kier molecular flexibility index (Phi) is 13.9. The van der Waals surface area contributed by atoms with E-state index in [1.807, 2.05) is 6.07 Å². The second-order valence-corrected chi connectivity index (χ2v) is 13.6. The van der Waals surface area contributed by atoms with Crippen LogP contribution in [0.25, 0.3) is 11.1 Å². The standard InChI is InChI=1S/C40H58O4/c1-5-7-8-10-30-12-14-32(15-13-30)33-16-18-34(19-17-33)35-20-22-38(31(6-2)27-35)36-21-23-39(43-26-24-41)37(28-36)11-9-25-44-40(42)29(3)4/h20-23,27-28,30,32-34,41H,3,5-19,24-26H2,1-2,4H3. The average Bonchev–Trinajstić information content (AvgIpc) is 3.06. The second kappa shape index (κ2) is 17.8. The highest BCUT2D eigenvalue weighted by atomic mass is 16.5. The van der Waals surface area contributed by atoms with Crippen molar-refractivity contribution in [2.75, 3.05) is 19.8 Å². The van der Waals surface area contributed by atoms with Crippen LogP contribution in [0.15, 0.2) is 48.6 Å². The summed E-state index contributed by atoms with van der Waals surface area (Å²) in [7, 11) is 0. The number of hydrogen-bond acceptors (Lipinski definition) is 4. The summed E-state index contributed by atoms with van der Waals surface area (Å²) in [6.45, 7) is 10.5. The number of benzene rings is 2. The minimum absolute atomic E-state index is 0.0268. The number of rotatable bonds is 16. The first-order valence-corrected chi connectivity index (χ1v) is 17.8.